The summed E-state index contributed by atoms with van der Waals surface area (Å²) in [6.45, 7) is 4.50. The van der Waals surface area contributed by atoms with Crippen LogP contribution in [0.5, 0.6) is 0 Å². The molecule has 0 fully saturated rings. The van der Waals surface area contributed by atoms with Gasteiger partial charge in [-0.3, -0.25) is 0 Å². The standard InChI is InChI=1S/C9H16NP/c1-2-3-7-10-8-5-4-6-9(10)11/h4-6H,2-3,7-8,11H2,1H3. The summed E-state index contributed by atoms with van der Waals surface area (Å²) < 4.78 is 0. The van der Waals surface area contributed by atoms with E-state index in [-0.39, 0.29) is 0 Å². The van der Waals surface area contributed by atoms with Gasteiger partial charge in [-0.1, -0.05) is 34.7 Å². The van der Waals surface area contributed by atoms with Gasteiger partial charge in [-0.25, -0.2) is 0 Å². The summed E-state index contributed by atoms with van der Waals surface area (Å²) in [6, 6.07) is 0. The van der Waals surface area contributed by atoms with Crippen molar-refractivity contribution in [3.05, 3.63) is 23.7 Å². The molecule has 0 amide bonds. The third-order valence-corrected chi connectivity index (χ3v) is 2.43. The third-order valence-electron chi connectivity index (χ3n) is 1.88. The molecule has 11 heavy (non-hydrogen) atoms. The Balaban J connectivity index is 2.35. The van der Waals surface area contributed by atoms with Crippen LogP contribution in [-0.4, -0.2) is 18.0 Å². The van der Waals surface area contributed by atoms with Crippen molar-refractivity contribution in [2.45, 2.75) is 19.8 Å². The lowest BCUT2D eigenvalue weighted by atomic mass is 10.3. The van der Waals surface area contributed by atoms with Gasteiger partial charge in [0, 0.05) is 18.5 Å². The zero-order valence-electron chi connectivity index (χ0n) is 7.09. The van der Waals surface area contributed by atoms with Crippen LogP contribution in [0.2, 0.25) is 0 Å². The smallest absolute Gasteiger partial charge is 0.0362 e. The van der Waals surface area contributed by atoms with Gasteiger partial charge in [0.25, 0.3) is 0 Å². The summed E-state index contributed by atoms with van der Waals surface area (Å²) >= 11 is 0. The first-order valence-corrected chi connectivity index (χ1v) is 4.79. The van der Waals surface area contributed by atoms with Crippen LogP contribution in [0, 0.1) is 0 Å². The fraction of sp³-hybridized carbons (Fsp3) is 0.556. The van der Waals surface area contributed by atoms with E-state index in [1.807, 2.05) is 0 Å². The molecule has 0 aliphatic carbocycles. The van der Waals surface area contributed by atoms with Gasteiger partial charge in [-0.15, -0.1) is 0 Å². The molecular formula is C9H16NP. The fourth-order valence-corrected chi connectivity index (χ4v) is 1.48. The molecule has 0 bridgehead atoms. The summed E-state index contributed by atoms with van der Waals surface area (Å²) in [5.41, 5.74) is 1.32. The Bertz CT molecular complexity index is 172. The lowest BCUT2D eigenvalue weighted by Crippen LogP contribution is -2.23. The van der Waals surface area contributed by atoms with Crippen LogP contribution >= 0.6 is 9.24 Å². The summed E-state index contributed by atoms with van der Waals surface area (Å²) in [6.07, 6.45) is 9.02. The van der Waals surface area contributed by atoms with Crippen molar-refractivity contribution < 1.29 is 0 Å². The van der Waals surface area contributed by atoms with Crippen molar-refractivity contribution in [3.8, 4) is 0 Å². The average Bonchev–Trinajstić information content (AvgIpc) is 2.03. The molecule has 1 nitrogen and oxygen atoms in total. The summed E-state index contributed by atoms with van der Waals surface area (Å²) in [5, 5.41) is 0. The topological polar surface area (TPSA) is 3.24 Å². The summed E-state index contributed by atoms with van der Waals surface area (Å²) in [4.78, 5) is 2.38. The molecule has 0 N–H and O–H groups in total. The van der Waals surface area contributed by atoms with E-state index in [4.69, 9.17) is 0 Å². The predicted molar refractivity (Wildman–Crippen MR) is 53.4 cm³/mol. The molecule has 1 rings (SSSR count). The molecule has 0 spiro atoms. The Morgan fingerprint density at radius 1 is 1.64 bits per heavy atom. The minimum Gasteiger partial charge on any atom is -0.368 e. The van der Waals surface area contributed by atoms with Gasteiger partial charge in [0.05, 0.1) is 0 Å². The normalized spacial score (nSPS) is 16.9. The van der Waals surface area contributed by atoms with Crippen molar-refractivity contribution in [3.63, 3.8) is 0 Å². The third kappa shape index (κ3) is 2.67. The molecular weight excluding hydrogens is 153 g/mol. The van der Waals surface area contributed by atoms with Crippen molar-refractivity contribution in [1.82, 2.24) is 4.90 Å². The molecule has 0 radical (unpaired) electrons. The molecule has 1 unspecified atom stereocenters. The SMILES string of the molecule is CCCCN1CC=CC=C1P. The molecule has 0 aromatic rings. The van der Waals surface area contributed by atoms with Crippen molar-refractivity contribution in [2.75, 3.05) is 13.1 Å². The van der Waals surface area contributed by atoms with Crippen molar-refractivity contribution in [2.24, 2.45) is 0 Å². The minimum atomic E-state index is 1.08. The Morgan fingerprint density at radius 3 is 3.09 bits per heavy atom. The second-order valence-electron chi connectivity index (χ2n) is 2.82. The second kappa shape index (κ2) is 4.56. The highest BCUT2D eigenvalue weighted by Gasteiger charge is 2.04. The molecule has 0 saturated heterocycles. The van der Waals surface area contributed by atoms with E-state index in [1.165, 1.54) is 24.8 Å². The maximum absolute atomic E-state index is 2.78. The molecule has 0 saturated carbocycles. The molecule has 2 heteroatoms. The van der Waals surface area contributed by atoms with Gasteiger partial charge in [0.1, 0.15) is 0 Å². The van der Waals surface area contributed by atoms with Crippen LogP contribution in [0.15, 0.2) is 23.7 Å². The molecule has 1 aliphatic heterocycles. The molecule has 1 heterocycles. The zero-order chi connectivity index (χ0) is 8.10. The second-order valence-corrected chi connectivity index (χ2v) is 3.41. The summed E-state index contributed by atoms with van der Waals surface area (Å²) in [5.74, 6) is 0. The van der Waals surface area contributed by atoms with Crippen LogP contribution in [-0.2, 0) is 0 Å². The van der Waals surface area contributed by atoms with E-state index in [1.54, 1.807) is 0 Å². The first kappa shape index (κ1) is 8.80. The average molecular weight is 169 g/mol. The molecule has 1 atom stereocenters. The molecule has 0 aromatic heterocycles. The lowest BCUT2D eigenvalue weighted by Gasteiger charge is -2.25. The lowest BCUT2D eigenvalue weighted by molar-refractivity contribution is 0.391. The Hall–Kier alpha value is -0.290. The Kier molecular flexibility index (Phi) is 3.65. The van der Waals surface area contributed by atoms with Gasteiger partial charge in [-0.2, -0.15) is 0 Å². The number of unbranched alkanes of at least 4 members (excludes halogenated alkanes) is 1. The van der Waals surface area contributed by atoms with Crippen molar-refractivity contribution >= 4 is 9.24 Å². The van der Waals surface area contributed by atoms with Gasteiger partial charge in [-0.05, 0) is 12.5 Å². The number of nitrogens with zero attached hydrogens (tertiary/aromatic N) is 1. The highest BCUT2D eigenvalue weighted by Crippen LogP contribution is 2.16. The van der Waals surface area contributed by atoms with Crippen LogP contribution in [0.4, 0.5) is 0 Å². The maximum Gasteiger partial charge on any atom is 0.0362 e. The van der Waals surface area contributed by atoms with E-state index in [2.05, 4.69) is 39.3 Å². The Labute approximate surface area is 71.4 Å². The number of rotatable bonds is 3. The number of hydrogen-bond acceptors (Lipinski definition) is 1. The number of allylic oxidation sites excluding steroid dienone is 2. The first-order chi connectivity index (χ1) is 5.34. The van der Waals surface area contributed by atoms with Crippen LogP contribution < -0.4 is 0 Å². The predicted octanol–water partition coefficient (Wildman–Crippen LogP) is 2.37. The van der Waals surface area contributed by atoms with E-state index < -0.39 is 0 Å². The Morgan fingerprint density at radius 2 is 2.45 bits per heavy atom. The minimum absolute atomic E-state index is 1.08. The van der Waals surface area contributed by atoms with E-state index in [0.717, 1.165) is 6.54 Å². The van der Waals surface area contributed by atoms with Crippen LogP contribution in [0.25, 0.3) is 0 Å². The van der Waals surface area contributed by atoms with Gasteiger partial charge in [0.15, 0.2) is 0 Å². The van der Waals surface area contributed by atoms with E-state index in [9.17, 15) is 0 Å². The molecule has 0 aromatic carbocycles. The van der Waals surface area contributed by atoms with Gasteiger partial charge >= 0.3 is 0 Å². The first-order valence-electron chi connectivity index (χ1n) is 4.22. The largest absolute Gasteiger partial charge is 0.368 e. The zero-order valence-corrected chi connectivity index (χ0v) is 8.24. The quantitative estimate of drug-likeness (QED) is 0.586. The highest BCUT2D eigenvalue weighted by molar-refractivity contribution is 7.22. The van der Waals surface area contributed by atoms with Gasteiger partial charge in [0.2, 0.25) is 0 Å². The van der Waals surface area contributed by atoms with Crippen LogP contribution in [0.1, 0.15) is 19.8 Å². The molecule has 62 valence electrons. The van der Waals surface area contributed by atoms with E-state index >= 15 is 0 Å². The van der Waals surface area contributed by atoms with E-state index in [0.29, 0.717) is 0 Å². The maximum atomic E-state index is 2.78. The monoisotopic (exact) mass is 169 g/mol. The van der Waals surface area contributed by atoms with Crippen molar-refractivity contribution in [1.29, 1.82) is 0 Å². The number of hydrogen-bond donors (Lipinski definition) is 0. The van der Waals surface area contributed by atoms with Crippen LogP contribution in [0.3, 0.4) is 0 Å². The highest BCUT2D eigenvalue weighted by atomic mass is 31.0. The van der Waals surface area contributed by atoms with Gasteiger partial charge < -0.3 is 4.90 Å². The summed E-state index contributed by atoms with van der Waals surface area (Å²) in [7, 11) is 2.78. The molecule has 1 aliphatic rings. The fourth-order valence-electron chi connectivity index (χ4n) is 1.13.